The molecule has 2 N–H and O–H groups in total. The quantitative estimate of drug-likeness (QED) is 0.169. The molecule has 0 spiro atoms. The predicted octanol–water partition coefficient (Wildman–Crippen LogP) is 6.89. The third-order valence-corrected chi connectivity index (χ3v) is 7.40. The zero-order chi connectivity index (χ0) is 29.4. The van der Waals surface area contributed by atoms with Gasteiger partial charge in [-0.2, -0.15) is 0 Å². The van der Waals surface area contributed by atoms with E-state index in [0.717, 1.165) is 71.3 Å². The molecule has 0 saturated carbocycles. The predicted molar refractivity (Wildman–Crippen MR) is 169 cm³/mol. The van der Waals surface area contributed by atoms with Gasteiger partial charge in [-0.15, -0.1) is 0 Å². The summed E-state index contributed by atoms with van der Waals surface area (Å²) in [4.78, 5) is 27.5. The normalized spacial score (nSPS) is 13.4. The first-order chi connectivity index (χ1) is 21.1. The van der Waals surface area contributed by atoms with Gasteiger partial charge in [0.25, 0.3) is 0 Å². The molecule has 5 aromatic rings. The maximum absolute atomic E-state index is 12.3. The smallest absolute Gasteiger partial charge is 0.417 e. The minimum Gasteiger partial charge on any atom is -0.492 e. The molecule has 1 fully saturated rings. The van der Waals surface area contributed by atoms with Gasteiger partial charge in [0.15, 0.2) is 0 Å². The van der Waals surface area contributed by atoms with Gasteiger partial charge < -0.3 is 19.2 Å². The first-order valence-electron chi connectivity index (χ1n) is 14.0. The molecule has 218 valence electrons. The number of halogens is 1. The Morgan fingerprint density at radius 1 is 0.907 bits per heavy atom. The topological polar surface area (TPSA) is 102 Å². The SMILES string of the molecule is O=C(Nc1ccc(-c2nc(-c3cccc(OCCN4CCOCC4)c3)c(-c3ccnc(Br)c3)[nH]2)cc1)Oc1ccccc1. The van der Waals surface area contributed by atoms with Gasteiger partial charge in [0.1, 0.15) is 28.5 Å². The summed E-state index contributed by atoms with van der Waals surface area (Å²) in [5.41, 5.74) is 4.99. The number of carbonyl (C=O) groups is 1. The van der Waals surface area contributed by atoms with Crippen molar-refractivity contribution in [2.75, 3.05) is 44.8 Å². The van der Waals surface area contributed by atoms with E-state index in [4.69, 9.17) is 19.2 Å². The Bertz CT molecular complexity index is 1670. The molecule has 3 heterocycles. The molecule has 1 aliphatic heterocycles. The first-order valence-corrected chi connectivity index (χ1v) is 14.8. The Hall–Kier alpha value is -4.51. The minimum absolute atomic E-state index is 0.474. The summed E-state index contributed by atoms with van der Waals surface area (Å²) in [7, 11) is 0. The highest BCUT2D eigenvalue weighted by molar-refractivity contribution is 9.10. The van der Waals surface area contributed by atoms with Gasteiger partial charge in [-0.05, 0) is 76.6 Å². The van der Waals surface area contributed by atoms with Gasteiger partial charge in [0.05, 0.1) is 24.6 Å². The molecule has 1 aliphatic rings. The highest BCUT2D eigenvalue weighted by Crippen LogP contribution is 2.35. The van der Waals surface area contributed by atoms with Gasteiger partial charge in [-0.1, -0.05) is 30.3 Å². The summed E-state index contributed by atoms with van der Waals surface area (Å²) < 4.78 is 17.6. The summed E-state index contributed by atoms with van der Waals surface area (Å²) in [5.74, 6) is 1.95. The van der Waals surface area contributed by atoms with Gasteiger partial charge in [-0.3, -0.25) is 10.2 Å². The van der Waals surface area contributed by atoms with E-state index in [9.17, 15) is 4.79 Å². The number of benzene rings is 3. The lowest BCUT2D eigenvalue weighted by molar-refractivity contribution is 0.0322. The highest BCUT2D eigenvalue weighted by atomic mass is 79.9. The lowest BCUT2D eigenvalue weighted by Gasteiger charge is -2.26. The Kier molecular flexibility index (Phi) is 9.07. The number of morpholine rings is 1. The van der Waals surface area contributed by atoms with Crippen LogP contribution in [0.4, 0.5) is 10.5 Å². The average molecular weight is 641 g/mol. The minimum atomic E-state index is -0.558. The number of rotatable bonds is 9. The number of hydrogen-bond acceptors (Lipinski definition) is 7. The van der Waals surface area contributed by atoms with Gasteiger partial charge in [-0.25, -0.2) is 14.8 Å². The Balaban J connectivity index is 1.22. The van der Waals surface area contributed by atoms with Crippen molar-refractivity contribution in [3.8, 4) is 45.4 Å². The van der Waals surface area contributed by atoms with Crippen molar-refractivity contribution in [2.45, 2.75) is 0 Å². The molecule has 0 aliphatic carbocycles. The van der Waals surface area contributed by atoms with Crippen LogP contribution in [0.15, 0.2) is 102 Å². The van der Waals surface area contributed by atoms with Crippen molar-refractivity contribution < 1.29 is 19.0 Å². The van der Waals surface area contributed by atoms with Crippen molar-refractivity contribution in [3.05, 3.63) is 102 Å². The summed E-state index contributed by atoms with van der Waals surface area (Å²) in [6, 6.07) is 28.3. The fourth-order valence-corrected chi connectivity index (χ4v) is 5.15. The number of aromatic nitrogens is 3. The van der Waals surface area contributed by atoms with Crippen LogP contribution in [0.5, 0.6) is 11.5 Å². The number of anilines is 1. The molecule has 10 heteroatoms. The second-order valence-corrected chi connectivity index (χ2v) is 10.7. The van der Waals surface area contributed by atoms with Crippen molar-refractivity contribution >= 4 is 27.7 Å². The number of aromatic amines is 1. The molecular formula is C33H30BrN5O4. The van der Waals surface area contributed by atoms with E-state index in [1.165, 1.54) is 0 Å². The highest BCUT2D eigenvalue weighted by Gasteiger charge is 2.17. The Morgan fingerprint density at radius 2 is 1.70 bits per heavy atom. The van der Waals surface area contributed by atoms with Crippen molar-refractivity contribution in [2.24, 2.45) is 0 Å². The number of amides is 1. The third kappa shape index (κ3) is 7.47. The molecule has 0 unspecified atom stereocenters. The standard InChI is InChI=1S/C33H30BrN5O4/c34-29-22-25(13-14-35-29)31-30(24-5-4-8-28(21-24)42-20-17-39-15-18-41-19-16-39)37-32(38-31)23-9-11-26(12-10-23)36-33(40)43-27-6-2-1-3-7-27/h1-14,21-22H,15-20H2,(H,36,40)(H,37,38). The van der Waals surface area contributed by atoms with Crippen molar-refractivity contribution in [3.63, 3.8) is 0 Å². The van der Waals surface area contributed by atoms with E-state index in [0.29, 0.717) is 23.9 Å². The molecule has 2 aromatic heterocycles. The van der Waals surface area contributed by atoms with E-state index in [-0.39, 0.29) is 0 Å². The monoisotopic (exact) mass is 639 g/mol. The number of para-hydroxylation sites is 1. The number of hydrogen-bond donors (Lipinski definition) is 2. The van der Waals surface area contributed by atoms with E-state index in [2.05, 4.69) is 36.1 Å². The first kappa shape index (κ1) is 28.6. The van der Waals surface area contributed by atoms with Crippen LogP contribution in [-0.4, -0.2) is 65.4 Å². The summed E-state index contributed by atoms with van der Waals surface area (Å²) in [5, 5.41) is 2.76. The number of imidazole rings is 1. The molecule has 0 radical (unpaired) electrons. The van der Waals surface area contributed by atoms with Gasteiger partial charge in [0.2, 0.25) is 0 Å². The lowest BCUT2D eigenvalue weighted by Crippen LogP contribution is -2.38. The fourth-order valence-electron chi connectivity index (χ4n) is 4.79. The molecule has 43 heavy (non-hydrogen) atoms. The van der Waals surface area contributed by atoms with E-state index in [1.54, 1.807) is 18.3 Å². The third-order valence-electron chi connectivity index (χ3n) is 6.96. The molecular weight excluding hydrogens is 610 g/mol. The zero-order valence-corrected chi connectivity index (χ0v) is 24.9. The molecule has 3 aromatic carbocycles. The molecule has 6 rings (SSSR count). The molecule has 0 bridgehead atoms. The van der Waals surface area contributed by atoms with E-state index < -0.39 is 6.09 Å². The number of nitrogens with zero attached hydrogens (tertiary/aromatic N) is 3. The fraction of sp³-hybridized carbons (Fsp3) is 0.182. The van der Waals surface area contributed by atoms with Crippen molar-refractivity contribution in [1.82, 2.24) is 19.9 Å². The van der Waals surface area contributed by atoms with E-state index >= 15 is 0 Å². The Labute approximate surface area is 258 Å². The number of pyridine rings is 1. The maximum Gasteiger partial charge on any atom is 0.417 e. The molecule has 9 nitrogen and oxygen atoms in total. The van der Waals surface area contributed by atoms with Crippen LogP contribution in [0.3, 0.4) is 0 Å². The summed E-state index contributed by atoms with van der Waals surface area (Å²) in [6.45, 7) is 4.85. The molecule has 1 amide bonds. The molecule has 0 atom stereocenters. The van der Waals surface area contributed by atoms with Crippen LogP contribution in [0.25, 0.3) is 33.9 Å². The van der Waals surface area contributed by atoms with Crippen LogP contribution >= 0.6 is 15.9 Å². The van der Waals surface area contributed by atoms with Gasteiger partial charge >= 0.3 is 6.09 Å². The average Bonchev–Trinajstić information content (AvgIpc) is 3.48. The number of ether oxygens (including phenoxy) is 3. The Morgan fingerprint density at radius 3 is 2.49 bits per heavy atom. The number of H-pyrrole nitrogens is 1. The molecule has 1 saturated heterocycles. The van der Waals surface area contributed by atoms with Crippen LogP contribution < -0.4 is 14.8 Å². The maximum atomic E-state index is 12.3. The lowest BCUT2D eigenvalue weighted by atomic mass is 10.1. The summed E-state index contributed by atoms with van der Waals surface area (Å²) in [6.07, 6.45) is 1.20. The number of nitrogens with one attached hydrogen (secondary N) is 2. The largest absolute Gasteiger partial charge is 0.492 e. The van der Waals surface area contributed by atoms with Crippen molar-refractivity contribution in [1.29, 1.82) is 0 Å². The van der Waals surface area contributed by atoms with Gasteiger partial charge in [0, 0.05) is 48.2 Å². The number of carbonyl (C=O) groups excluding carboxylic acids is 1. The summed E-state index contributed by atoms with van der Waals surface area (Å²) >= 11 is 3.49. The van der Waals surface area contributed by atoms with Crippen LogP contribution in [0.1, 0.15) is 0 Å². The second-order valence-electron chi connectivity index (χ2n) is 9.91. The van der Waals surface area contributed by atoms with E-state index in [1.807, 2.05) is 78.9 Å². The van der Waals surface area contributed by atoms with Crippen LogP contribution in [0.2, 0.25) is 0 Å². The van der Waals surface area contributed by atoms with Crippen LogP contribution in [0, 0.1) is 0 Å². The zero-order valence-electron chi connectivity index (χ0n) is 23.3. The second kappa shape index (κ2) is 13.6. The van der Waals surface area contributed by atoms with Crippen LogP contribution in [-0.2, 0) is 4.74 Å².